The van der Waals surface area contributed by atoms with E-state index in [0.717, 1.165) is 15.7 Å². The summed E-state index contributed by atoms with van der Waals surface area (Å²) in [5.74, 6) is 0.633. The lowest BCUT2D eigenvalue weighted by molar-refractivity contribution is -0.584. The summed E-state index contributed by atoms with van der Waals surface area (Å²) in [7, 11) is 3.19. The Morgan fingerprint density at radius 3 is 2.68 bits per heavy atom. The topological polar surface area (TPSA) is 82.5 Å². The summed E-state index contributed by atoms with van der Waals surface area (Å²) < 4.78 is 12.1. The number of rotatable bonds is 3. The Labute approximate surface area is 161 Å². The monoisotopic (exact) mass is 377 g/mol. The minimum absolute atomic E-state index is 0.0861. The molecule has 1 amide bonds. The summed E-state index contributed by atoms with van der Waals surface area (Å²) in [6, 6.07) is 12.4. The van der Waals surface area contributed by atoms with Crippen LogP contribution in [0.4, 0.5) is 5.88 Å². The highest BCUT2D eigenvalue weighted by Crippen LogP contribution is 2.37. The van der Waals surface area contributed by atoms with Gasteiger partial charge in [-0.05, 0) is 25.1 Å². The van der Waals surface area contributed by atoms with Crippen LogP contribution in [0.5, 0.6) is 5.75 Å². The van der Waals surface area contributed by atoms with E-state index in [1.165, 1.54) is 4.90 Å². The van der Waals surface area contributed by atoms with Crippen LogP contribution < -0.4 is 14.4 Å². The van der Waals surface area contributed by atoms with E-state index in [9.17, 15) is 10.0 Å². The highest BCUT2D eigenvalue weighted by atomic mass is 16.5. The van der Waals surface area contributed by atoms with Gasteiger partial charge in [-0.3, -0.25) is 9.69 Å². The Hall–Kier alpha value is -3.61. The maximum atomic E-state index is 13.2. The highest BCUT2D eigenvalue weighted by molar-refractivity contribution is 6.07. The highest BCUT2D eigenvalue weighted by Gasteiger charge is 2.28. The van der Waals surface area contributed by atoms with Crippen molar-refractivity contribution in [3.63, 3.8) is 0 Å². The number of aromatic nitrogens is 2. The molecule has 0 unspecified atom stereocenters. The summed E-state index contributed by atoms with van der Waals surface area (Å²) in [6.45, 7) is 3.45. The molecule has 0 aliphatic heterocycles. The van der Waals surface area contributed by atoms with Crippen molar-refractivity contribution < 1.29 is 18.7 Å². The molecule has 7 heteroatoms. The van der Waals surface area contributed by atoms with Crippen molar-refractivity contribution in [2.75, 3.05) is 19.1 Å². The van der Waals surface area contributed by atoms with Crippen LogP contribution >= 0.6 is 0 Å². The van der Waals surface area contributed by atoms with Crippen molar-refractivity contribution in [3.8, 4) is 5.75 Å². The number of hydrogen-bond donors (Lipinski definition) is 0. The number of benzene rings is 2. The fraction of sp³-hybridized carbons (Fsp3) is 0.190. The third-order valence-corrected chi connectivity index (χ3v) is 4.90. The molecule has 2 heterocycles. The van der Waals surface area contributed by atoms with Crippen molar-refractivity contribution in [2.24, 2.45) is 0 Å². The zero-order valence-corrected chi connectivity index (χ0v) is 16.0. The molecule has 0 spiro atoms. The van der Waals surface area contributed by atoms with E-state index in [-0.39, 0.29) is 11.4 Å². The quantitative estimate of drug-likeness (QED) is 0.403. The van der Waals surface area contributed by atoms with Gasteiger partial charge in [-0.1, -0.05) is 18.2 Å². The SMILES string of the molecule is COc1cccc2oc(N(C)C(=O)c3nc4ccccc4[n+]([O-])c3C)c(C)c12. The predicted molar refractivity (Wildman–Crippen MR) is 106 cm³/mol. The Bertz CT molecular complexity index is 1230. The van der Waals surface area contributed by atoms with Crippen molar-refractivity contribution in [2.45, 2.75) is 13.8 Å². The van der Waals surface area contributed by atoms with Crippen LogP contribution in [0.1, 0.15) is 21.7 Å². The summed E-state index contributed by atoms with van der Waals surface area (Å²) in [6.07, 6.45) is 0. The minimum atomic E-state index is -0.422. The summed E-state index contributed by atoms with van der Waals surface area (Å²) >= 11 is 0. The number of carbonyl (C=O) groups excluding carboxylic acids is 1. The first-order valence-corrected chi connectivity index (χ1v) is 8.77. The standard InChI is InChI=1S/C21H19N3O4/c1-12-18-16(27-4)10-7-11-17(18)28-21(12)23(3)20(25)19-13(2)24(26)15-9-6-5-8-14(15)22-19/h5-11H,1-4H3. The normalized spacial score (nSPS) is 11.1. The number of hydrogen-bond acceptors (Lipinski definition) is 5. The Morgan fingerprint density at radius 2 is 1.93 bits per heavy atom. The molecule has 0 bridgehead atoms. The maximum absolute atomic E-state index is 13.2. The van der Waals surface area contributed by atoms with E-state index in [1.54, 1.807) is 45.3 Å². The average molecular weight is 377 g/mol. The van der Waals surface area contributed by atoms with E-state index >= 15 is 0 Å². The van der Waals surface area contributed by atoms with Gasteiger partial charge in [-0.25, -0.2) is 4.98 Å². The van der Waals surface area contributed by atoms with Crippen LogP contribution in [0.15, 0.2) is 46.9 Å². The average Bonchev–Trinajstić information content (AvgIpc) is 3.06. The predicted octanol–water partition coefficient (Wildman–Crippen LogP) is 3.52. The smallest absolute Gasteiger partial charge is 0.285 e. The second-order valence-corrected chi connectivity index (χ2v) is 6.56. The number of fused-ring (bicyclic) bond motifs is 2. The lowest BCUT2D eigenvalue weighted by Crippen LogP contribution is -2.37. The Balaban J connectivity index is 1.83. The van der Waals surface area contributed by atoms with E-state index in [4.69, 9.17) is 9.15 Å². The molecule has 7 nitrogen and oxygen atoms in total. The summed E-state index contributed by atoms with van der Waals surface area (Å²) in [5.41, 5.74) is 2.60. The molecule has 28 heavy (non-hydrogen) atoms. The summed E-state index contributed by atoms with van der Waals surface area (Å²) in [4.78, 5) is 19.0. The van der Waals surface area contributed by atoms with Crippen molar-refractivity contribution >= 4 is 33.8 Å². The number of furan rings is 1. The van der Waals surface area contributed by atoms with Gasteiger partial charge in [0.2, 0.25) is 17.1 Å². The third-order valence-electron chi connectivity index (χ3n) is 4.90. The molecule has 0 radical (unpaired) electrons. The molecular weight excluding hydrogens is 358 g/mol. The number of ether oxygens (including phenoxy) is 1. The molecule has 4 aromatic rings. The van der Waals surface area contributed by atoms with Gasteiger partial charge in [0.15, 0.2) is 5.69 Å². The molecule has 0 aliphatic rings. The molecule has 2 aromatic heterocycles. The fourth-order valence-electron chi connectivity index (χ4n) is 3.41. The molecule has 0 N–H and O–H groups in total. The van der Waals surface area contributed by atoms with Crippen LogP contribution in [0.3, 0.4) is 0 Å². The van der Waals surface area contributed by atoms with Crippen LogP contribution in [0.25, 0.3) is 22.0 Å². The van der Waals surface area contributed by atoms with Crippen molar-refractivity contribution in [1.82, 2.24) is 4.98 Å². The van der Waals surface area contributed by atoms with Gasteiger partial charge >= 0.3 is 0 Å². The maximum Gasteiger partial charge on any atom is 0.285 e. The first kappa shape index (κ1) is 17.8. The van der Waals surface area contributed by atoms with E-state index < -0.39 is 5.91 Å². The van der Waals surface area contributed by atoms with E-state index in [0.29, 0.717) is 28.3 Å². The number of amides is 1. The Morgan fingerprint density at radius 1 is 1.18 bits per heavy atom. The molecule has 0 aliphatic carbocycles. The molecule has 0 fully saturated rings. The number of anilines is 1. The number of carbonyl (C=O) groups is 1. The van der Waals surface area contributed by atoms with Gasteiger partial charge < -0.3 is 14.4 Å². The third kappa shape index (κ3) is 2.55. The number of para-hydroxylation sites is 2. The zero-order valence-electron chi connectivity index (χ0n) is 16.0. The number of aryl methyl sites for hydroxylation is 1. The number of methoxy groups -OCH3 is 1. The van der Waals surface area contributed by atoms with E-state index in [2.05, 4.69) is 4.98 Å². The van der Waals surface area contributed by atoms with Gasteiger partial charge in [-0.2, -0.15) is 4.73 Å². The van der Waals surface area contributed by atoms with Crippen LogP contribution in [0.2, 0.25) is 0 Å². The van der Waals surface area contributed by atoms with Crippen LogP contribution in [-0.2, 0) is 0 Å². The van der Waals surface area contributed by atoms with Crippen molar-refractivity contribution in [1.29, 1.82) is 0 Å². The Kier molecular flexibility index (Phi) is 4.15. The van der Waals surface area contributed by atoms with Crippen molar-refractivity contribution in [3.05, 3.63) is 64.6 Å². The zero-order chi connectivity index (χ0) is 20.0. The second-order valence-electron chi connectivity index (χ2n) is 6.56. The van der Waals surface area contributed by atoms with Crippen LogP contribution in [0, 0.1) is 19.1 Å². The molecule has 0 atom stereocenters. The minimum Gasteiger partial charge on any atom is -0.618 e. The lowest BCUT2D eigenvalue weighted by atomic mass is 10.1. The van der Waals surface area contributed by atoms with E-state index in [1.807, 2.05) is 25.1 Å². The van der Waals surface area contributed by atoms with Gasteiger partial charge in [0, 0.05) is 25.6 Å². The van der Waals surface area contributed by atoms with Gasteiger partial charge in [-0.15, -0.1) is 0 Å². The largest absolute Gasteiger partial charge is 0.618 e. The molecule has 142 valence electrons. The van der Waals surface area contributed by atoms with Crippen LogP contribution in [-0.4, -0.2) is 25.0 Å². The molecular formula is C21H19N3O4. The molecule has 2 aromatic carbocycles. The first-order valence-electron chi connectivity index (χ1n) is 8.77. The second kappa shape index (κ2) is 6.53. The van der Waals surface area contributed by atoms with Gasteiger partial charge in [0.05, 0.1) is 12.5 Å². The lowest BCUT2D eigenvalue weighted by Gasteiger charge is -2.16. The van der Waals surface area contributed by atoms with Gasteiger partial charge in [0.25, 0.3) is 5.91 Å². The molecule has 0 saturated carbocycles. The summed E-state index contributed by atoms with van der Waals surface area (Å²) in [5, 5.41) is 13.4. The number of nitrogens with zero attached hydrogens (tertiary/aromatic N) is 3. The molecule has 4 rings (SSSR count). The molecule has 0 saturated heterocycles. The first-order chi connectivity index (χ1) is 13.4. The fourth-order valence-corrected chi connectivity index (χ4v) is 3.41. The van der Waals surface area contributed by atoms with Gasteiger partial charge in [0.1, 0.15) is 16.8 Å².